The third-order valence-electron chi connectivity index (χ3n) is 3.89. The number of hydrogen-bond acceptors (Lipinski definition) is 3. The van der Waals surface area contributed by atoms with Gasteiger partial charge in [-0.2, -0.15) is 0 Å². The molecule has 2 N–H and O–H groups in total. The molecule has 2 rings (SSSR count). The van der Waals surface area contributed by atoms with Crippen LogP contribution in [0.2, 0.25) is 0 Å². The Labute approximate surface area is 148 Å². The van der Waals surface area contributed by atoms with Gasteiger partial charge in [-0.25, -0.2) is 0 Å². The summed E-state index contributed by atoms with van der Waals surface area (Å²) in [5.41, 5.74) is 2.67. The SMILES string of the molecule is COc1ccc(C)cc1NC(=O)CCC(=O)NC(C)c1ccccc1. The number of carbonyl (C=O) groups is 2. The van der Waals surface area contributed by atoms with E-state index in [0.717, 1.165) is 11.1 Å². The average Bonchev–Trinajstić information content (AvgIpc) is 2.61. The molecule has 0 radical (unpaired) electrons. The van der Waals surface area contributed by atoms with Crippen molar-refractivity contribution < 1.29 is 14.3 Å². The number of aryl methyl sites for hydroxylation is 1. The van der Waals surface area contributed by atoms with Gasteiger partial charge in [0, 0.05) is 12.8 Å². The lowest BCUT2D eigenvalue weighted by atomic mass is 10.1. The fourth-order valence-corrected chi connectivity index (χ4v) is 2.50. The zero-order valence-electron chi connectivity index (χ0n) is 14.8. The van der Waals surface area contributed by atoms with Crippen molar-refractivity contribution in [3.05, 3.63) is 59.7 Å². The first-order chi connectivity index (χ1) is 12.0. The number of nitrogens with one attached hydrogen (secondary N) is 2. The lowest BCUT2D eigenvalue weighted by molar-refractivity contribution is -0.124. The molecular weight excluding hydrogens is 316 g/mol. The van der Waals surface area contributed by atoms with Gasteiger partial charge in [-0.15, -0.1) is 0 Å². The summed E-state index contributed by atoms with van der Waals surface area (Å²) in [6.07, 6.45) is 0.252. The van der Waals surface area contributed by atoms with Crippen molar-refractivity contribution in [3.63, 3.8) is 0 Å². The van der Waals surface area contributed by atoms with Gasteiger partial charge in [0.25, 0.3) is 0 Å². The maximum Gasteiger partial charge on any atom is 0.224 e. The Balaban J connectivity index is 1.83. The predicted molar refractivity (Wildman–Crippen MR) is 98.6 cm³/mol. The largest absolute Gasteiger partial charge is 0.495 e. The smallest absolute Gasteiger partial charge is 0.224 e. The van der Waals surface area contributed by atoms with E-state index < -0.39 is 0 Å². The van der Waals surface area contributed by atoms with Gasteiger partial charge in [0.15, 0.2) is 0 Å². The number of hydrogen-bond donors (Lipinski definition) is 2. The van der Waals surface area contributed by atoms with Crippen molar-refractivity contribution in [2.75, 3.05) is 12.4 Å². The zero-order chi connectivity index (χ0) is 18.2. The van der Waals surface area contributed by atoms with E-state index in [1.54, 1.807) is 13.2 Å². The molecular formula is C20H24N2O3. The molecule has 5 nitrogen and oxygen atoms in total. The third kappa shape index (κ3) is 5.64. The van der Waals surface area contributed by atoms with Crippen LogP contribution in [-0.4, -0.2) is 18.9 Å². The van der Waals surface area contributed by atoms with Crippen molar-refractivity contribution in [2.45, 2.75) is 32.7 Å². The molecule has 0 aliphatic carbocycles. The normalized spacial score (nSPS) is 11.5. The van der Waals surface area contributed by atoms with Crippen LogP contribution in [0, 0.1) is 6.92 Å². The highest BCUT2D eigenvalue weighted by Gasteiger charge is 2.12. The lowest BCUT2D eigenvalue weighted by Gasteiger charge is -2.14. The van der Waals surface area contributed by atoms with Crippen LogP contribution in [0.1, 0.15) is 36.9 Å². The quantitative estimate of drug-likeness (QED) is 0.809. The Morgan fingerprint density at radius 1 is 1.04 bits per heavy atom. The van der Waals surface area contributed by atoms with E-state index in [1.807, 2.05) is 56.3 Å². The number of anilines is 1. The number of rotatable bonds is 7. The highest BCUT2D eigenvalue weighted by molar-refractivity contribution is 5.94. The fourth-order valence-electron chi connectivity index (χ4n) is 2.50. The summed E-state index contributed by atoms with van der Waals surface area (Å²) in [7, 11) is 1.55. The average molecular weight is 340 g/mol. The molecule has 1 unspecified atom stereocenters. The fraction of sp³-hybridized carbons (Fsp3) is 0.300. The lowest BCUT2D eigenvalue weighted by Crippen LogP contribution is -2.27. The van der Waals surface area contributed by atoms with E-state index >= 15 is 0 Å². The van der Waals surface area contributed by atoms with Gasteiger partial charge in [-0.05, 0) is 37.1 Å². The summed E-state index contributed by atoms with van der Waals surface area (Å²) >= 11 is 0. The minimum absolute atomic E-state index is 0.0892. The monoisotopic (exact) mass is 340 g/mol. The summed E-state index contributed by atoms with van der Waals surface area (Å²) in [6, 6.07) is 15.2. The van der Waals surface area contributed by atoms with E-state index in [-0.39, 0.29) is 30.7 Å². The Hall–Kier alpha value is -2.82. The van der Waals surface area contributed by atoms with Crippen LogP contribution < -0.4 is 15.4 Å². The van der Waals surface area contributed by atoms with E-state index in [1.165, 1.54) is 0 Å². The molecule has 0 saturated carbocycles. The Morgan fingerprint density at radius 3 is 2.40 bits per heavy atom. The summed E-state index contributed by atoms with van der Waals surface area (Å²) in [6.45, 7) is 3.86. The minimum Gasteiger partial charge on any atom is -0.495 e. The molecule has 0 fully saturated rings. The zero-order valence-corrected chi connectivity index (χ0v) is 14.8. The van der Waals surface area contributed by atoms with Crippen LogP contribution in [0.5, 0.6) is 5.75 Å². The molecule has 0 aromatic heterocycles. The van der Waals surface area contributed by atoms with Crippen molar-refractivity contribution >= 4 is 17.5 Å². The van der Waals surface area contributed by atoms with E-state index in [2.05, 4.69) is 10.6 Å². The van der Waals surface area contributed by atoms with Crippen LogP contribution in [0.3, 0.4) is 0 Å². The molecule has 0 aliphatic heterocycles. The molecule has 5 heteroatoms. The molecule has 0 spiro atoms. The van der Waals surface area contributed by atoms with Crippen molar-refractivity contribution in [1.29, 1.82) is 0 Å². The van der Waals surface area contributed by atoms with Gasteiger partial charge in [0.05, 0.1) is 18.8 Å². The molecule has 2 aromatic rings. The highest BCUT2D eigenvalue weighted by atomic mass is 16.5. The van der Waals surface area contributed by atoms with Crippen molar-refractivity contribution in [2.24, 2.45) is 0 Å². The molecule has 2 aromatic carbocycles. The molecule has 25 heavy (non-hydrogen) atoms. The van der Waals surface area contributed by atoms with Crippen LogP contribution in [-0.2, 0) is 9.59 Å². The van der Waals surface area contributed by atoms with Gasteiger partial charge in [0.1, 0.15) is 5.75 Å². The second kappa shape index (κ2) is 8.87. The van der Waals surface area contributed by atoms with Crippen LogP contribution in [0.4, 0.5) is 5.69 Å². The summed E-state index contributed by atoms with van der Waals surface area (Å²) in [4.78, 5) is 24.2. The molecule has 0 bridgehead atoms. The van der Waals surface area contributed by atoms with Crippen LogP contribution in [0.25, 0.3) is 0 Å². The number of methoxy groups -OCH3 is 1. The number of benzene rings is 2. The maximum atomic E-state index is 12.1. The van der Waals surface area contributed by atoms with Crippen LogP contribution in [0.15, 0.2) is 48.5 Å². The highest BCUT2D eigenvalue weighted by Crippen LogP contribution is 2.25. The third-order valence-corrected chi connectivity index (χ3v) is 3.89. The predicted octanol–water partition coefficient (Wildman–Crippen LogP) is 3.60. The summed E-state index contributed by atoms with van der Waals surface area (Å²) < 4.78 is 5.23. The van der Waals surface area contributed by atoms with E-state index in [0.29, 0.717) is 11.4 Å². The number of carbonyl (C=O) groups excluding carboxylic acids is 2. The molecule has 0 aliphatic rings. The van der Waals surface area contributed by atoms with Gasteiger partial charge in [0.2, 0.25) is 11.8 Å². The van der Waals surface area contributed by atoms with Crippen molar-refractivity contribution in [3.8, 4) is 5.75 Å². The number of ether oxygens (including phenoxy) is 1. The second-order valence-electron chi connectivity index (χ2n) is 5.95. The first-order valence-corrected chi connectivity index (χ1v) is 8.28. The van der Waals surface area contributed by atoms with E-state index in [9.17, 15) is 9.59 Å². The van der Waals surface area contributed by atoms with Gasteiger partial charge < -0.3 is 15.4 Å². The number of amides is 2. The summed E-state index contributed by atoms with van der Waals surface area (Å²) in [5.74, 6) is 0.232. The molecule has 1 atom stereocenters. The minimum atomic E-state index is -0.216. The molecule has 0 heterocycles. The molecule has 0 saturated heterocycles. The first kappa shape index (κ1) is 18.5. The maximum absolute atomic E-state index is 12.1. The topological polar surface area (TPSA) is 67.4 Å². The second-order valence-corrected chi connectivity index (χ2v) is 5.95. The Bertz CT molecular complexity index is 729. The standard InChI is InChI=1S/C20H24N2O3/c1-14-9-10-18(25-3)17(13-14)22-20(24)12-11-19(23)21-15(2)16-7-5-4-6-8-16/h4-10,13,15H,11-12H2,1-3H3,(H,21,23)(H,22,24). The molecule has 2 amide bonds. The Kier molecular flexibility index (Phi) is 6.57. The first-order valence-electron chi connectivity index (χ1n) is 8.28. The van der Waals surface area contributed by atoms with Gasteiger partial charge >= 0.3 is 0 Å². The molecule has 132 valence electrons. The van der Waals surface area contributed by atoms with E-state index in [4.69, 9.17) is 4.74 Å². The van der Waals surface area contributed by atoms with Crippen LogP contribution >= 0.6 is 0 Å². The Morgan fingerprint density at radius 2 is 1.72 bits per heavy atom. The van der Waals surface area contributed by atoms with Crippen molar-refractivity contribution in [1.82, 2.24) is 5.32 Å². The van der Waals surface area contributed by atoms with Gasteiger partial charge in [-0.1, -0.05) is 36.4 Å². The summed E-state index contributed by atoms with van der Waals surface area (Å²) in [5, 5.41) is 5.70. The van der Waals surface area contributed by atoms with Gasteiger partial charge in [-0.3, -0.25) is 9.59 Å².